The largest absolute Gasteiger partial charge is 0.463 e. The number of nitrogens with zero attached hydrogens (tertiary/aromatic N) is 3. The quantitative estimate of drug-likeness (QED) is 0.589. The molecule has 2 aromatic heterocycles. The first-order chi connectivity index (χ1) is 12.7. The van der Waals surface area contributed by atoms with Crippen LogP contribution in [0.15, 0.2) is 4.79 Å². The van der Waals surface area contributed by atoms with Crippen molar-refractivity contribution in [3.05, 3.63) is 10.5 Å². The molecule has 26 heavy (non-hydrogen) atoms. The van der Waals surface area contributed by atoms with Crippen LogP contribution in [-0.4, -0.2) is 39.2 Å². The number of nitrogens with two attached hydrogens (primary N) is 1. The van der Waals surface area contributed by atoms with Gasteiger partial charge in [-0.25, -0.2) is 4.79 Å². The number of aryl methyl sites for hydroxylation is 1. The monoisotopic (exact) mass is 362 g/mol. The predicted octanol–water partition coefficient (Wildman–Crippen LogP) is 2.05. The second-order valence-electron chi connectivity index (χ2n) is 7.08. The normalized spacial score (nSPS) is 17.7. The summed E-state index contributed by atoms with van der Waals surface area (Å²) in [5, 5.41) is 3.45. The predicted molar refractivity (Wildman–Crippen MR) is 102 cm³/mol. The van der Waals surface area contributed by atoms with Crippen LogP contribution in [0.2, 0.25) is 0 Å². The molecule has 0 aliphatic carbocycles. The minimum Gasteiger partial charge on any atom is -0.463 e. The lowest BCUT2D eigenvalue weighted by Crippen LogP contribution is -2.29. The van der Waals surface area contributed by atoms with Gasteiger partial charge in [0.25, 0.3) is 0 Å². The van der Waals surface area contributed by atoms with Gasteiger partial charge >= 0.3 is 11.7 Å². The molecule has 0 aromatic carbocycles. The molecule has 0 saturated carbocycles. The van der Waals surface area contributed by atoms with Crippen LogP contribution in [-0.2, 0) is 6.54 Å². The molecule has 4 N–H and O–H groups in total. The minimum atomic E-state index is -0.189. The Kier molecular flexibility index (Phi) is 6.49. The molecule has 1 saturated heterocycles. The molecular weight excluding hydrogens is 332 g/mol. The fourth-order valence-electron chi connectivity index (χ4n) is 3.48. The van der Waals surface area contributed by atoms with Crippen LogP contribution < -0.4 is 21.5 Å². The van der Waals surface area contributed by atoms with Crippen LogP contribution in [0.1, 0.15) is 51.9 Å². The Labute approximate surface area is 153 Å². The Morgan fingerprint density at radius 2 is 2.19 bits per heavy atom. The highest BCUT2D eigenvalue weighted by atomic mass is 16.5. The maximum atomic E-state index is 12.3. The van der Waals surface area contributed by atoms with Crippen molar-refractivity contribution in [2.45, 2.75) is 58.4 Å². The van der Waals surface area contributed by atoms with E-state index in [1.807, 2.05) is 0 Å². The van der Waals surface area contributed by atoms with Crippen molar-refractivity contribution in [2.75, 3.05) is 25.4 Å². The third-order valence-electron chi connectivity index (χ3n) is 5.00. The second kappa shape index (κ2) is 9.02. The Balaban J connectivity index is 1.64. The van der Waals surface area contributed by atoms with Crippen molar-refractivity contribution in [3.63, 3.8) is 0 Å². The molecule has 1 atom stereocenters. The van der Waals surface area contributed by atoms with E-state index < -0.39 is 0 Å². The fraction of sp³-hybridized carbons (Fsp3) is 0.722. The molecule has 8 heteroatoms. The van der Waals surface area contributed by atoms with Gasteiger partial charge in [0.05, 0.1) is 6.61 Å². The third kappa shape index (κ3) is 4.55. The number of H-pyrrole nitrogens is 1. The summed E-state index contributed by atoms with van der Waals surface area (Å²) in [6.45, 7) is 5.53. The van der Waals surface area contributed by atoms with Crippen LogP contribution >= 0.6 is 0 Å². The van der Waals surface area contributed by atoms with Gasteiger partial charge in [0, 0.05) is 6.54 Å². The van der Waals surface area contributed by atoms with E-state index in [2.05, 4.69) is 27.2 Å². The van der Waals surface area contributed by atoms with Gasteiger partial charge in [-0.15, -0.1) is 0 Å². The standard InChI is InChI=1S/C18H30N6O2/c1-2-3-11-26-17-22-15(19)14-16(23-17)24(18(25)21-14)10-5-4-7-13-8-6-9-20-12-13/h13,20H,2-12H2,1H3,(H,21,25)(H2,19,22,23). The van der Waals surface area contributed by atoms with Crippen molar-refractivity contribution in [2.24, 2.45) is 5.92 Å². The Morgan fingerprint density at radius 3 is 2.96 bits per heavy atom. The number of rotatable bonds is 9. The van der Waals surface area contributed by atoms with Gasteiger partial charge in [-0.1, -0.05) is 19.8 Å². The summed E-state index contributed by atoms with van der Waals surface area (Å²) in [5.41, 5.74) is 6.82. The molecule has 0 amide bonds. The van der Waals surface area contributed by atoms with Gasteiger partial charge in [0.2, 0.25) is 0 Å². The van der Waals surface area contributed by atoms with Crippen LogP contribution in [0.25, 0.3) is 11.2 Å². The summed E-state index contributed by atoms with van der Waals surface area (Å²) in [5.74, 6) is 1.02. The highest BCUT2D eigenvalue weighted by Gasteiger charge is 2.15. The number of ether oxygens (including phenoxy) is 1. The molecular formula is C18H30N6O2. The summed E-state index contributed by atoms with van der Waals surface area (Å²) in [6.07, 6.45) is 7.78. The number of aromatic amines is 1. The van der Waals surface area contributed by atoms with Gasteiger partial charge in [0.1, 0.15) is 5.52 Å². The van der Waals surface area contributed by atoms with Crippen molar-refractivity contribution in [1.29, 1.82) is 0 Å². The lowest BCUT2D eigenvalue weighted by atomic mass is 9.94. The molecule has 1 aliphatic heterocycles. The number of unbranched alkanes of at least 4 members (excludes halogenated alkanes) is 2. The molecule has 3 heterocycles. The fourth-order valence-corrected chi connectivity index (χ4v) is 3.48. The number of hydrogen-bond acceptors (Lipinski definition) is 6. The second-order valence-corrected chi connectivity index (χ2v) is 7.08. The van der Waals surface area contributed by atoms with Crippen molar-refractivity contribution in [3.8, 4) is 6.01 Å². The van der Waals surface area contributed by atoms with Gasteiger partial charge in [0.15, 0.2) is 11.5 Å². The summed E-state index contributed by atoms with van der Waals surface area (Å²) in [7, 11) is 0. The van der Waals surface area contributed by atoms with E-state index in [0.29, 0.717) is 24.3 Å². The summed E-state index contributed by atoms with van der Waals surface area (Å²) < 4.78 is 7.22. The maximum Gasteiger partial charge on any atom is 0.327 e. The van der Waals surface area contributed by atoms with Crippen LogP contribution in [0.3, 0.4) is 0 Å². The van der Waals surface area contributed by atoms with Gasteiger partial charge in [-0.3, -0.25) is 4.57 Å². The first kappa shape index (κ1) is 18.7. The van der Waals surface area contributed by atoms with Crippen molar-refractivity contribution >= 4 is 17.0 Å². The Morgan fingerprint density at radius 1 is 1.31 bits per heavy atom. The highest BCUT2D eigenvalue weighted by molar-refractivity contribution is 5.81. The Hall–Kier alpha value is -2.09. The third-order valence-corrected chi connectivity index (χ3v) is 5.00. The molecule has 0 spiro atoms. The van der Waals surface area contributed by atoms with E-state index in [9.17, 15) is 4.79 Å². The lowest BCUT2D eigenvalue weighted by molar-refractivity contribution is 0.286. The number of fused-ring (bicyclic) bond motifs is 1. The van der Waals surface area contributed by atoms with Gasteiger partial charge in [-0.05, 0) is 51.1 Å². The zero-order valence-electron chi connectivity index (χ0n) is 15.6. The van der Waals surface area contributed by atoms with Crippen molar-refractivity contribution < 1.29 is 4.74 Å². The van der Waals surface area contributed by atoms with E-state index in [1.165, 1.54) is 19.3 Å². The smallest absolute Gasteiger partial charge is 0.327 e. The first-order valence-corrected chi connectivity index (χ1v) is 9.78. The SMILES string of the molecule is CCCCOc1nc(N)c2[nH]c(=O)n(CCCCC3CCCNC3)c2n1. The number of nitrogen functional groups attached to an aromatic ring is 1. The molecule has 3 rings (SSSR count). The number of nitrogens with one attached hydrogen (secondary N) is 2. The van der Waals surface area contributed by atoms with E-state index in [0.717, 1.165) is 44.7 Å². The van der Waals surface area contributed by atoms with E-state index in [-0.39, 0.29) is 17.5 Å². The molecule has 1 unspecified atom stereocenters. The minimum absolute atomic E-state index is 0.189. The molecule has 0 bridgehead atoms. The number of anilines is 1. The number of piperidine rings is 1. The van der Waals surface area contributed by atoms with Crippen LogP contribution in [0, 0.1) is 5.92 Å². The first-order valence-electron chi connectivity index (χ1n) is 9.78. The Bertz CT molecular complexity index is 763. The van der Waals surface area contributed by atoms with E-state index in [4.69, 9.17) is 10.5 Å². The lowest BCUT2D eigenvalue weighted by Gasteiger charge is -2.22. The van der Waals surface area contributed by atoms with E-state index >= 15 is 0 Å². The molecule has 0 radical (unpaired) electrons. The number of aromatic nitrogens is 4. The highest BCUT2D eigenvalue weighted by Crippen LogP contribution is 2.20. The van der Waals surface area contributed by atoms with Crippen LogP contribution in [0.4, 0.5) is 5.82 Å². The maximum absolute atomic E-state index is 12.3. The molecule has 1 aliphatic rings. The van der Waals surface area contributed by atoms with Crippen LogP contribution in [0.5, 0.6) is 6.01 Å². The summed E-state index contributed by atoms with van der Waals surface area (Å²) in [6, 6.07) is 0.240. The zero-order chi connectivity index (χ0) is 18.4. The summed E-state index contributed by atoms with van der Waals surface area (Å²) >= 11 is 0. The zero-order valence-corrected chi connectivity index (χ0v) is 15.6. The molecule has 8 nitrogen and oxygen atoms in total. The molecule has 2 aromatic rings. The summed E-state index contributed by atoms with van der Waals surface area (Å²) in [4.78, 5) is 23.6. The average Bonchev–Trinajstić information content (AvgIpc) is 2.96. The molecule has 1 fully saturated rings. The van der Waals surface area contributed by atoms with Gasteiger partial charge in [-0.2, -0.15) is 9.97 Å². The topological polar surface area (TPSA) is 111 Å². The van der Waals surface area contributed by atoms with E-state index in [1.54, 1.807) is 4.57 Å². The number of imidazole rings is 1. The molecule has 144 valence electrons. The van der Waals surface area contributed by atoms with Gasteiger partial charge < -0.3 is 20.8 Å². The van der Waals surface area contributed by atoms with Crippen molar-refractivity contribution in [1.82, 2.24) is 24.8 Å². The number of hydrogen-bond donors (Lipinski definition) is 3. The average molecular weight is 362 g/mol.